The van der Waals surface area contributed by atoms with Crippen LogP contribution < -0.4 is 0 Å². The van der Waals surface area contributed by atoms with Crippen LogP contribution in [0.4, 0.5) is 4.79 Å². The Hall–Kier alpha value is -2.12. The number of carboxylic acids is 1. The molecule has 0 saturated carbocycles. The van der Waals surface area contributed by atoms with Gasteiger partial charge in [0.2, 0.25) is 0 Å². The highest BCUT2D eigenvalue weighted by Crippen LogP contribution is 2.22. The van der Waals surface area contributed by atoms with Gasteiger partial charge in [-0.1, -0.05) is 0 Å². The lowest BCUT2D eigenvalue weighted by molar-refractivity contribution is -0.138. The molecule has 8 nitrogen and oxygen atoms in total. The Kier molecular flexibility index (Phi) is 3.89. The van der Waals surface area contributed by atoms with Gasteiger partial charge in [-0.3, -0.25) is 9.69 Å². The zero-order valence-corrected chi connectivity index (χ0v) is 12.7. The lowest BCUT2D eigenvalue weighted by atomic mass is 10.1. The molecule has 1 atom stereocenters. The molecule has 1 aromatic heterocycles. The standard InChI is InChI=1S/C13H20N4O4/c1-8-14-15-10-7-17(12(20)21-13(2,3)4)9(5-11(18)19)6-16(8)10/h9H,5-7H2,1-4H3,(H,18,19). The number of aryl methyl sites for hydroxylation is 1. The van der Waals surface area contributed by atoms with E-state index < -0.39 is 23.7 Å². The lowest BCUT2D eigenvalue weighted by Gasteiger charge is -2.36. The van der Waals surface area contributed by atoms with Crippen LogP contribution in [0.5, 0.6) is 0 Å². The van der Waals surface area contributed by atoms with E-state index in [1.54, 1.807) is 27.7 Å². The first-order valence-corrected chi connectivity index (χ1v) is 6.77. The number of nitrogens with zero attached hydrogens (tertiary/aromatic N) is 4. The minimum atomic E-state index is -0.956. The molecule has 2 rings (SSSR count). The Bertz CT molecular complexity index is 561. The molecule has 1 aliphatic heterocycles. The number of aliphatic carboxylic acids is 1. The Balaban J connectivity index is 2.24. The van der Waals surface area contributed by atoms with E-state index in [9.17, 15) is 9.59 Å². The van der Waals surface area contributed by atoms with Gasteiger partial charge in [-0.05, 0) is 27.7 Å². The number of hydrogen-bond donors (Lipinski definition) is 1. The van der Waals surface area contributed by atoms with Crippen molar-refractivity contribution in [3.05, 3.63) is 11.6 Å². The third-order valence-electron chi connectivity index (χ3n) is 3.20. The van der Waals surface area contributed by atoms with Gasteiger partial charge in [0.15, 0.2) is 5.82 Å². The number of rotatable bonds is 2. The molecular weight excluding hydrogens is 276 g/mol. The van der Waals surface area contributed by atoms with Crippen LogP contribution >= 0.6 is 0 Å². The normalized spacial score (nSPS) is 18.3. The second-order valence-electron chi connectivity index (χ2n) is 6.13. The molecule has 0 spiro atoms. The molecule has 1 aliphatic rings. The Labute approximate surface area is 122 Å². The van der Waals surface area contributed by atoms with Gasteiger partial charge >= 0.3 is 12.1 Å². The first-order chi connectivity index (χ1) is 9.67. The maximum absolute atomic E-state index is 12.3. The van der Waals surface area contributed by atoms with E-state index >= 15 is 0 Å². The highest BCUT2D eigenvalue weighted by atomic mass is 16.6. The molecule has 1 N–H and O–H groups in total. The van der Waals surface area contributed by atoms with Crippen molar-refractivity contribution in [3.63, 3.8) is 0 Å². The second-order valence-corrected chi connectivity index (χ2v) is 6.13. The third kappa shape index (κ3) is 3.50. The Morgan fingerprint density at radius 1 is 1.38 bits per heavy atom. The summed E-state index contributed by atoms with van der Waals surface area (Å²) in [7, 11) is 0. The molecule has 116 valence electrons. The summed E-state index contributed by atoms with van der Waals surface area (Å²) in [6.45, 7) is 7.68. The fourth-order valence-corrected chi connectivity index (χ4v) is 2.28. The van der Waals surface area contributed by atoms with Crippen LogP contribution in [0.25, 0.3) is 0 Å². The molecular formula is C13H20N4O4. The average Bonchev–Trinajstić information content (AvgIpc) is 2.67. The molecule has 1 unspecified atom stereocenters. The van der Waals surface area contributed by atoms with E-state index in [1.807, 2.05) is 4.57 Å². The van der Waals surface area contributed by atoms with Crippen LogP contribution in [-0.2, 0) is 22.6 Å². The van der Waals surface area contributed by atoms with Gasteiger partial charge in [0.05, 0.1) is 19.0 Å². The highest BCUT2D eigenvalue weighted by molar-refractivity contribution is 5.72. The van der Waals surface area contributed by atoms with Crippen molar-refractivity contribution in [2.45, 2.75) is 58.8 Å². The third-order valence-corrected chi connectivity index (χ3v) is 3.20. The van der Waals surface area contributed by atoms with Gasteiger partial charge < -0.3 is 14.4 Å². The zero-order chi connectivity index (χ0) is 15.8. The minimum Gasteiger partial charge on any atom is -0.481 e. The Morgan fingerprint density at radius 2 is 2.05 bits per heavy atom. The van der Waals surface area contributed by atoms with Crippen LogP contribution in [0.1, 0.15) is 38.8 Å². The number of amides is 1. The predicted molar refractivity (Wildman–Crippen MR) is 72.6 cm³/mol. The maximum atomic E-state index is 12.3. The number of aromatic nitrogens is 3. The van der Waals surface area contributed by atoms with E-state index in [0.29, 0.717) is 18.2 Å². The molecule has 0 fully saturated rings. The molecule has 1 amide bonds. The largest absolute Gasteiger partial charge is 0.481 e. The quantitative estimate of drug-likeness (QED) is 0.880. The summed E-state index contributed by atoms with van der Waals surface area (Å²) in [5.41, 5.74) is -0.633. The molecule has 1 aromatic rings. The van der Waals surface area contributed by atoms with Crippen molar-refractivity contribution in [1.82, 2.24) is 19.7 Å². The van der Waals surface area contributed by atoms with Crippen LogP contribution in [0.3, 0.4) is 0 Å². The summed E-state index contributed by atoms with van der Waals surface area (Å²) in [6.07, 6.45) is -0.670. The molecule has 0 saturated heterocycles. The molecule has 21 heavy (non-hydrogen) atoms. The molecule has 0 aromatic carbocycles. The van der Waals surface area contributed by atoms with Gasteiger partial charge in [0.1, 0.15) is 11.4 Å². The van der Waals surface area contributed by atoms with E-state index in [0.717, 1.165) is 0 Å². The number of ether oxygens (including phenoxy) is 1. The number of carbonyl (C=O) groups is 2. The van der Waals surface area contributed by atoms with E-state index in [1.165, 1.54) is 4.90 Å². The summed E-state index contributed by atoms with van der Waals surface area (Å²) >= 11 is 0. The lowest BCUT2D eigenvalue weighted by Crippen LogP contribution is -2.49. The van der Waals surface area contributed by atoms with E-state index in [4.69, 9.17) is 9.84 Å². The SMILES string of the molecule is Cc1nnc2n1CC(CC(=O)O)N(C(=O)OC(C)(C)C)C2. The molecule has 0 aliphatic carbocycles. The number of carboxylic acid groups (broad SMARTS) is 1. The second kappa shape index (κ2) is 5.34. The minimum absolute atomic E-state index is 0.143. The summed E-state index contributed by atoms with van der Waals surface area (Å²) in [5.74, 6) is 0.395. The van der Waals surface area contributed by atoms with Crippen LogP contribution in [0, 0.1) is 6.92 Å². The highest BCUT2D eigenvalue weighted by Gasteiger charge is 2.35. The van der Waals surface area contributed by atoms with Crippen molar-refractivity contribution in [2.24, 2.45) is 0 Å². The number of hydrogen-bond acceptors (Lipinski definition) is 5. The van der Waals surface area contributed by atoms with Gasteiger partial charge in [-0.15, -0.1) is 10.2 Å². The van der Waals surface area contributed by atoms with Gasteiger partial charge in [0, 0.05) is 6.54 Å². The molecule has 0 bridgehead atoms. The maximum Gasteiger partial charge on any atom is 0.411 e. The van der Waals surface area contributed by atoms with Crippen molar-refractivity contribution < 1.29 is 19.4 Å². The van der Waals surface area contributed by atoms with E-state index in [-0.39, 0.29) is 13.0 Å². The average molecular weight is 296 g/mol. The van der Waals surface area contributed by atoms with Gasteiger partial charge in [-0.2, -0.15) is 0 Å². The van der Waals surface area contributed by atoms with E-state index in [2.05, 4.69) is 10.2 Å². The molecule has 0 radical (unpaired) electrons. The van der Waals surface area contributed by atoms with Crippen LogP contribution in [0.15, 0.2) is 0 Å². The molecule has 8 heteroatoms. The summed E-state index contributed by atoms with van der Waals surface area (Å²) in [6, 6.07) is -0.473. The number of carbonyl (C=O) groups excluding carboxylic acids is 1. The van der Waals surface area contributed by atoms with Gasteiger partial charge in [0.25, 0.3) is 0 Å². The first-order valence-electron chi connectivity index (χ1n) is 6.77. The predicted octanol–water partition coefficient (Wildman–Crippen LogP) is 1.18. The van der Waals surface area contributed by atoms with Crippen molar-refractivity contribution in [2.75, 3.05) is 0 Å². The van der Waals surface area contributed by atoms with Crippen LogP contribution in [0.2, 0.25) is 0 Å². The smallest absolute Gasteiger partial charge is 0.411 e. The number of fused-ring (bicyclic) bond motifs is 1. The monoisotopic (exact) mass is 296 g/mol. The fourth-order valence-electron chi connectivity index (χ4n) is 2.28. The van der Waals surface area contributed by atoms with Crippen molar-refractivity contribution in [3.8, 4) is 0 Å². The van der Waals surface area contributed by atoms with Gasteiger partial charge in [-0.25, -0.2) is 4.79 Å². The summed E-state index contributed by atoms with van der Waals surface area (Å²) < 4.78 is 7.19. The molecule has 2 heterocycles. The summed E-state index contributed by atoms with van der Waals surface area (Å²) in [4.78, 5) is 24.7. The summed E-state index contributed by atoms with van der Waals surface area (Å²) in [5, 5.41) is 17.0. The van der Waals surface area contributed by atoms with Crippen LogP contribution in [-0.4, -0.2) is 48.5 Å². The van der Waals surface area contributed by atoms with Crippen molar-refractivity contribution in [1.29, 1.82) is 0 Å². The zero-order valence-electron chi connectivity index (χ0n) is 12.7. The Morgan fingerprint density at radius 3 is 2.62 bits per heavy atom. The first kappa shape index (κ1) is 15.3. The topological polar surface area (TPSA) is 97.5 Å². The van der Waals surface area contributed by atoms with Crippen molar-refractivity contribution >= 4 is 12.1 Å². The fraction of sp³-hybridized carbons (Fsp3) is 0.692.